The van der Waals surface area contributed by atoms with Crippen LogP contribution in [-0.4, -0.2) is 92.9 Å². The summed E-state index contributed by atoms with van der Waals surface area (Å²) in [6.07, 6.45) is -1.59. The van der Waals surface area contributed by atoms with E-state index in [9.17, 15) is 40.2 Å². The summed E-state index contributed by atoms with van der Waals surface area (Å²) in [6.45, 7) is -0.542. The zero-order chi connectivity index (χ0) is 26.3. The Morgan fingerprint density at radius 1 is 1.11 bits per heavy atom. The summed E-state index contributed by atoms with van der Waals surface area (Å²) in [5, 5.41) is 58.9. The Morgan fingerprint density at radius 2 is 1.83 bits per heavy atom. The highest BCUT2D eigenvalue weighted by Crippen LogP contribution is 2.39. The maximum atomic E-state index is 12.0. The van der Waals surface area contributed by atoms with Crippen LogP contribution in [0.1, 0.15) is 24.8 Å². The number of phenols is 1. The number of benzene rings is 1. The maximum Gasteiger partial charge on any atom is 0.330 e. The number of ether oxygens (including phenoxy) is 3. The van der Waals surface area contributed by atoms with Crippen LogP contribution in [-0.2, 0) is 23.8 Å². The average Bonchev–Trinajstić information content (AvgIpc) is 2.88. The molecular formula is C25H32O11. The Bertz CT molecular complexity index is 928. The molecule has 2 fully saturated rings. The summed E-state index contributed by atoms with van der Waals surface area (Å²) in [5.41, 5.74) is -0.556. The van der Waals surface area contributed by atoms with Crippen LogP contribution in [0.4, 0.5) is 0 Å². The average molecular weight is 509 g/mol. The molecule has 2 aliphatic rings. The molecule has 6 N–H and O–H groups in total. The quantitative estimate of drug-likeness (QED) is 0.111. The van der Waals surface area contributed by atoms with Gasteiger partial charge in [-0.1, -0.05) is 12.1 Å². The second-order valence-electron chi connectivity index (χ2n) is 9.08. The van der Waals surface area contributed by atoms with Gasteiger partial charge in [0.05, 0.1) is 31.0 Å². The zero-order valence-electron chi connectivity index (χ0n) is 19.5. The van der Waals surface area contributed by atoms with Crippen molar-refractivity contribution in [1.29, 1.82) is 0 Å². The molecule has 1 aromatic rings. The Balaban J connectivity index is 1.50. The summed E-state index contributed by atoms with van der Waals surface area (Å²) in [4.78, 5) is 23.9. The van der Waals surface area contributed by atoms with E-state index in [1.165, 1.54) is 24.3 Å². The van der Waals surface area contributed by atoms with Gasteiger partial charge in [0, 0.05) is 6.08 Å². The molecule has 11 nitrogen and oxygen atoms in total. The Kier molecular flexibility index (Phi) is 9.60. The zero-order valence-corrected chi connectivity index (χ0v) is 19.5. The smallest absolute Gasteiger partial charge is 0.330 e. The SMILES string of the molecule is O=C[C@]1(/C=C\O[C@@H]2O[C@H](CO)[C@@H](O)[C@H](O)[C@H]2O)CC[C@H](COC(=O)/C=C/c2ccc(O)cc2)C[C@@H]1O. The van der Waals surface area contributed by atoms with Crippen molar-refractivity contribution in [2.45, 2.75) is 56.1 Å². The maximum absolute atomic E-state index is 12.0. The lowest BCUT2D eigenvalue weighted by molar-refractivity contribution is -0.288. The lowest BCUT2D eigenvalue weighted by atomic mass is 9.69. The van der Waals surface area contributed by atoms with Gasteiger partial charge in [-0.2, -0.15) is 0 Å². The highest BCUT2D eigenvalue weighted by Gasteiger charge is 2.45. The van der Waals surface area contributed by atoms with E-state index in [0.29, 0.717) is 18.3 Å². The summed E-state index contributed by atoms with van der Waals surface area (Å²) < 4.78 is 15.8. The van der Waals surface area contributed by atoms with Crippen LogP contribution < -0.4 is 0 Å². The lowest BCUT2D eigenvalue weighted by Crippen LogP contribution is -2.58. The fourth-order valence-corrected chi connectivity index (χ4v) is 4.22. The minimum atomic E-state index is -1.60. The van der Waals surface area contributed by atoms with Crippen molar-refractivity contribution >= 4 is 18.3 Å². The first-order valence-corrected chi connectivity index (χ1v) is 11.6. The number of aromatic hydroxyl groups is 1. The van der Waals surface area contributed by atoms with Crippen molar-refractivity contribution in [3.8, 4) is 5.75 Å². The van der Waals surface area contributed by atoms with Crippen molar-refractivity contribution in [2.75, 3.05) is 13.2 Å². The lowest BCUT2D eigenvalue weighted by Gasteiger charge is -2.40. The van der Waals surface area contributed by atoms with Gasteiger partial charge in [0.15, 0.2) is 0 Å². The van der Waals surface area contributed by atoms with E-state index >= 15 is 0 Å². The summed E-state index contributed by atoms with van der Waals surface area (Å²) in [6, 6.07) is 6.28. The second-order valence-corrected chi connectivity index (χ2v) is 9.08. The second kappa shape index (κ2) is 12.4. The molecule has 3 rings (SSSR count). The van der Waals surface area contributed by atoms with Crippen LogP contribution in [0.5, 0.6) is 5.75 Å². The molecule has 1 heterocycles. The first-order valence-electron chi connectivity index (χ1n) is 11.6. The molecule has 0 amide bonds. The third kappa shape index (κ3) is 6.69. The molecule has 1 aromatic carbocycles. The van der Waals surface area contributed by atoms with E-state index in [1.807, 2.05) is 0 Å². The minimum Gasteiger partial charge on any atom is -0.508 e. The minimum absolute atomic E-state index is 0.0653. The number of hydrogen-bond acceptors (Lipinski definition) is 11. The number of rotatable bonds is 9. The van der Waals surface area contributed by atoms with Crippen molar-refractivity contribution in [2.24, 2.45) is 11.3 Å². The van der Waals surface area contributed by atoms with Gasteiger partial charge in [0.2, 0.25) is 6.29 Å². The van der Waals surface area contributed by atoms with Crippen LogP contribution in [0.3, 0.4) is 0 Å². The van der Waals surface area contributed by atoms with E-state index < -0.39 is 54.8 Å². The number of esters is 1. The van der Waals surface area contributed by atoms with Gasteiger partial charge in [0.25, 0.3) is 0 Å². The highest BCUT2D eigenvalue weighted by molar-refractivity contribution is 5.87. The molecule has 0 spiro atoms. The molecule has 1 saturated carbocycles. The standard InChI is InChI=1S/C25H32O11/c26-12-18-21(31)22(32)23(33)24(36-18)34-10-9-25(14-27)8-7-16(11-19(25)29)13-35-20(30)6-3-15-1-4-17(28)5-2-15/h1-6,9-10,14,16,18-19,21-24,26,28-29,31-33H,7-8,11-13H2/b6-3+,10-9-/t16-,18+,19-,21+,22-,23+,24+,25+/m0/s1. The normalized spacial score (nSPS) is 35.1. The van der Waals surface area contributed by atoms with E-state index in [1.54, 1.807) is 18.2 Å². The van der Waals surface area contributed by atoms with Crippen molar-refractivity contribution in [3.63, 3.8) is 0 Å². The third-order valence-corrected chi connectivity index (χ3v) is 6.59. The first-order chi connectivity index (χ1) is 17.2. The van der Waals surface area contributed by atoms with Gasteiger partial charge in [-0.05, 0) is 55.0 Å². The Labute approximate surface area is 207 Å². The molecular weight excluding hydrogens is 476 g/mol. The van der Waals surface area contributed by atoms with Gasteiger partial charge >= 0.3 is 5.97 Å². The van der Waals surface area contributed by atoms with Gasteiger partial charge in [0.1, 0.15) is 36.5 Å². The van der Waals surface area contributed by atoms with Crippen molar-refractivity contribution in [1.82, 2.24) is 0 Å². The molecule has 0 aromatic heterocycles. The first kappa shape index (κ1) is 27.8. The van der Waals surface area contributed by atoms with Crippen LogP contribution in [0.15, 0.2) is 42.7 Å². The molecule has 0 radical (unpaired) electrons. The summed E-state index contributed by atoms with van der Waals surface area (Å²) >= 11 is 0. The monoisotopic (exact) mass is 508 g/mol. The number of carbonyl (C=O) groups is 2. The summed E-state index contributed by atoms with van der Waals surface area (Å²) in [5.74, 6) is -0.608. The van der Waals surface area contributed by atoms with Crippen LogP contribution >= 0.6 is 0 Å². The molecule has 36 heavy (non-hydrogen) atoms. The molecule has 1 aliphatic heterocycles. The van der Waals surface area contributed by atoms with Gasteiger partial charge < -0.3 is 49.6 Å². The topological polar surface area (TPSA) is 183 Å². The molecule has 1 aliphatic carbocycles. The Morgan fingerprint density at radius 3 is 2.47 bits per heavy atom. The molecule has 8 atom stereocenters. The van der Waals surface area contributed by atoms with Gasteiger partial charge in [-0.15, -0.1) is 0 Å². The third-order valence-electron chi connectivity index (χ3n) is 6.59. The summed E-state index contributed by atoms with van der Waals surface area (Å²) in [7, 11) is 0. The largest absolute Gasteiger partial charge is 0.508 e. The number of phenolic OH excluding ortho intramolecular Hbond substituents is 1. The van der Waals surface area contributed by atoms with E-state index in [4.69, 9.17) is 14.2 Å². The predicted molar refractivity (Wildman–Crippen MR) is 124 cm³/mol. The number of aliphatic hydroxyl groups is 5. The van der Waals surface area contributed by atoms with Gasteiger partial charge in [-0.25, -0.2) is 4.79 Å². The fraction of sp³-hybridized carbons (Fsp3) is 0.520. The molecule has 11 heteroatoms. The number of aldehydes is 1. The number of carbonyl (C=O) groups excluding carboxylic acids is 2. The number of hydrogen-bond donors (Lipinski definition) is 6. The Hall–Kier alpha value is -2.80. The molecule has 0 unspecified atom stereocenters. The van der Waals surface area contributed by atoms with Gasteiger partial charge in [-0.3, -0.25) is 0 Å². The highest BCUT2D eigenvalue weighted by atomic mass is 16.7. The molecule has 1 saturated heterocycles. The van der Waals surface area contributed by atoms with Crippen LogP contribution in [0.2, 0.25) is 0 Å². The van der Waals surface area contributed by atoms with E-state index in [0.717, 1.165) is 6.26 Å². The predicted octanol–water partition coefficient (Wildman–Crippen LogP) is -0.375. The van der Waals surface area contributed by atoms with E-state index in [-0.39, 0.29) is 31.1 Å². The van der Waals surface area contributed by atoms with Crippen molar-refractivity contribution < 1.29 is 54.4 Å². The van der Waals surface area contributed by atoms with Crippen LogP contribution in [0.25, 0.3) is 6.08 Å². The van der Waals surface area contributed by atoms with Crippen molar-refractivity contribution in [3.05, 3.63) is 48.2 Å². The molecule has 198 valence electrons. The van der Waals surface area contributed by atoms with E-state index in [2.05, 4.69) is 0 Å². The molecule has 0 bridgehead atoms. The van der Waals surface area contributed by atoms with Crippen LogP contribution in [0, 0.1) is 11.3 Å². The number of aliphatic hydroxyl groups excluding tert-OH is 5. The fourth-order valence-electron chi connectivity index (χ4n) is 4.22.